The number of carboxylic acid groups (broad SMARTS) is 1. The molecule has 0 unspecified atom stereocenters. The number of ether oxygens (including phenoxy) is 1. The second-order valence-electron chi connectivity index (χ2n) is 7.06. The van der Waals surface area contributed by atoms with Crippen LogP contribution < -0.4 is 15.8 Å². The monoisotopic (exact) mass is 398 g/mol. The average Bonchev–Trinajstić information content (AvgIpc) is 2.71. The summed E-state index contributed by atoms with van der Waals surface area (Å²) in [6.45, 7) is 2.66. The number of aliphatic carboxylic acids is 1. The van der Waals surface area contributed by atoms with Crippen molar-refractivity contribution in [1.29, 1.82) is 0 Å². The van der Waals surface area contributed by atoms with Crippen molar-refractivity contribution in [1.82, 2.24) is 5.32 Å². The van der Waals surface area contributed by atoms with E-state index in [0.717, 1.165) is 24.7 Å². The molecule has 6 nitrogen and oxygen atoms in total. The fourth-order valence-corrected chi connectivity index (χ4v) is 3.23. The first-order valence-corrected chi connectivity index (χ1v) is 9.96. The normalized spacial score (nSPS) is 12.2. The second kappa shape index (κ2) is 11.9. The highest BCUT2D eigenvalue weighted by atomic mass is 16.5. The number of aryl methyl sites for hydroxylation is 2. The number of carbonyl (C=O) groups is 2. The van der Waals surface area contributed by atoms with E-state index >= 15 is 0 Å². The zero-order valence-corrected chi connectivity index (χ0v) is 16.9. The number of nitrogens with two attached hydrogens (primary N) is 1. The quantitative estimate of drug-likeness (QED) is 0.666. The van der Waals surface area contributed by atoms with Crippen LogP contribution in [0.4, 0.5) is 0 Å². The van der Waals surface area contributed by atoms with E-state index in [1.165, 1.54) is 36.0 Å². The highest BCUT2D eigenvalue weighted by Gasteiger charge is 2.10. The summed E-state index contributed by atoms with van der Waals surface area (Å²) in [5.74, 6) is -0.0167. The van der Waals surface area contributed by atoms with Crippen LogP contribution in [0.5, 0.6) is 5.75 Å². The molecule has 156 valence electrons. The van der Waals surface area contributed by atoms with E-state index in [1.807, 2.05) is 24.3 Å². The van der Waals surface area contributed by atoms with Crippen molar-refractivity contribution in [3.8, 4) is 5.75 Å². The Bertz CT molecular complexity index is 799. The van der Waals surface area contributed by atoms with Crippen LogP contribution in [-0.2, 0) is 35.4 Å². The fraction of sp³-hybridized carbons (Fsp3) is 0.391. The SMILES string of the molecule is CC(=O)O.NCCOc1ccc(CC(=O)NCc2ccc3c(c2)CCCC3)cc1. The van der Waals surface area contributed by atoms with Crippen molar-refractivity contribution in [2.45, 2.75) is 45.6 Å². The van der Waals surface area contributed by atoms with Crippen LogP contribution in [0, 0.1) is 0 Å². The molecule has 1 aliphatic rings. The van der Waals surface area contributed by atoms with Crippen molar-refractivity contribution >= 4 is 11.9 Å². The summed E-state index contributed by atoms with van der Waals surface area (Å²) in [6, 6.07) is 14.2. The largest absolute Gasteiger partial charge is 0.492 e. The Kier molecular flexibility index (Phi) is 9.18. The van der Waals surface area contributed by atoms with Gasteiger partial charge in [-0.1, -0.05) is 30.3 Å². The van der Waals surface area contributed by atoms with Gasteiger partial charge in [0.1, 0.15) is 12.4 Å². The van der Waals surface area contributed by atoms with E-state index in [0.29, 0.717) is 26.1 Å². The fourth-order valence-electron chi connectivity index (χ4n) is 3.23. The van der Waals surface area contributed by atoms with Gasteiger partial charge in [-0.2, -0.15) is 0 Å². The molecule has 0 atom stereocenters. The molecule has 0 heterocycles. The van der Waals surface area contributed by atoms with E-state index in [9.17, 15) is 4.79 Å². The smallest absolute Gasteiger partial charge is 0.300 e. The third kappa shape index (κ3) is 8.35. The number of rotatable bonds is 7. The molecular formula is C23H30N2O4. The first-order valence-electron chi connectivity index (χ1n) is 9.96. The van der Waals surface area contributed by atoms with Crippen molar-refractivity contribution < 1.29 is 19.4 Å². The Labute approximate surface area is 172 Å². The highest BCUT2D eigenvalue weighted by molar-refractivity contribution is 5.78. The highest BCUT2D eigenvalue weighted by Crippen LogP contribution is 2.22. The summed E-state index contributed by atoms with van der Waals surface area (Å²) in [6.07, 6.45) is 5.29. The van der Waals surface area contributed by atoms with Crippen LogP contribution in [0.1, 0.15) is 42.0 Å². The van der Waals surface area contributed by atoms with Gasteiger partial charge in [0.05, 0.1) is 6.42 Å². The number of amides is 1. The number of fused-ring (bicyclic) bond motifs is 1. The lowest BCUT2D eigenvalue weighted by Crippen LogP contribution is -2.24. The van der Waals surface area contributed by atoms with Gasteiger partial charge in [-0.25, -0.2) is 0 Å². The van der Waals surface area contributed by atoms with Gasteiger partial charge in [0.2, 0.25) is 5.91 Å². The van der Waals surface area contributed by atoms with Crippen LogP contribution >= 0.6 is 0 Å². The molecule has 2 aromatic carbocycles. The van der Waals surface area contributed by atoms with Crippen LogP contribution in [0.15, 0.2) is 42.5 Å². The molecule has 0 radical (unpaired) electrons. The molecule has 29 heavy (non-hydrogen) atoms. The number of hydrogen-bond donors (Lipinski definition) is 3. The topological polar surface area (TPSA) is 102 Å². The molecule has 0 fully saturated rings. The summed E-state index contributed by atoms with van der Waals surface area (Å²) in [5.41, 5.74) is 10.5. The average molecular weight is 399 g/mol. The minimum atomic E-state index is -0.833. The van der Waals surface area contributed by atoms with Crippen LogP contribution in [-0.4, -0.2) is 30.1 Å². The molecule has 4 N–H and O–H groups in total. The minimum absolute atomic E-state index is 0.0355. The summed E-state index contributed by atoms with van der Waals surface area (Å²) in [7, 11) is 0. The number of nitrogens with one attached hydrogen (secondary N) is 1. The number of hydrogen-bond acceptors (Lipinski definition) is 4. The Balaban J connectivity index is 0.000000687. The van der Waals surface area contributed by atoms with E-state index in [1.54, 1.807) is 0 Å². The summed E-state index contributed by atoms with van der Waals surface area (Å²) < 4.78 is 5.44. The number of benzene rings is 2. The maximum atomic E-state index is 12.2. The third-order valence-corrected chi connectivity index (χ3v) is 4.58. The molecule has 0 aromatic heterocycles. The van der Waals surface area contributed by atoms with Crippen molar-refractivity contribution in [3.63, 3.8) is 0 Å². The summed E-state index contributed by atoms with van der Waals surface area (Å²) >= 11 is 0. The molecule has 6 heteroatoms. The van der Waals surface area contributed by atoms with Gasteiger partial charge in [-0.15, -0.1) is 0 Å². The Morgan fingerprint density at radius 3 is 2.31 bits per heavy atom. The van der Waals surface area contributed by atoms with E-state index in [2.05, 4.69) is 23.5 Å². The van der Waals surface area contributed by atoms with Crippen LogP contribution in [0.3, 0.4) is 0 Å². The second-order valence-corrected chi connectivity index (χ2v) is 7.06. The summed E-state index contributed by atoms with van der Waals surface area (Å²) in [4.78, 5) is 21.2. The van der Waals surface area contributed by atoms with Crippen LogP contribution in [0.2, 0.25) is 0 Å². The zero-order valence-electron chi connectivity index (χ0n) is 16.9. The lowest BCUT2D eigenvalue weighted by atomic mass is 9.90. The maximum Gasteiger partial charge on any atom is 0.300 e. The lowest BCUT2D eigenvalue weighted by Gasteiger charge is -2.16. The molecule has 0 saturated heterocycles. The molecule has 3 rings (SSSR count). The molecule has 1 amide bonds. The molecule has 0 saturated carbocycles. The molecule has 1 aliphatic carbocycles. The van der Waals surface area contributed by atoms with Gasteiger partial charge in [-0.3, -0.25) is 9.59 Å². The molecule has 2 aromatic rings. The Hall–Kier alpha value is -2.86. The summed E-state index contributed by atoms with van der Waals surface area (Å²) in [5, 5.41) is 10.4. The van der Waals surface area contributed by atoms with Gasteiger partial charge < -0.3 is 20.9 Å². The van der Waals surface area contributed by atoms with E-state index in [4.69, 9.17) is 20.4 Å². The standard InChI is InChI=1S/C21H26N2O2.C2H4O2/c22-11-12-25-20-9-6-16(7-10-20)14-21(24)23-15-17-5-8-18-3-1-2-4-19(18)13-17;1-2(3)4/h5-10,13H,1-4,11-12,14-15,22H2,(H,23,24);1H3,(H,3,4). The zero-order chi connectivity index (χ0) is 21.1. The van der Waals surface area contributed by atoms with E-state index in [-0.39, 0.29) is 5.91 Å². The third-order valence-electron chi connectivity index (χ3n) is 4.58. The van der Waals surface area contributed by atoms with Gasteiger partial charge in [0, 0.05) is 20.0 Å². The first kappa shape index (κ1) is 22.4. The Morgan fingerprint density at radius 1 is 1.03 bits per heavy atom. The van der Waals surface area contributed by atoms with Crippen molar-refractivity contribution in [2.75, 3.05) is 13.2 Å². The maximum absolute atomic E-state index is 12.2. The molecular weight excluding hydrogens is 368 g/mol. The van der Waals surface area contributed by atoms with Crippen molar-refractivity contribution in [3.05, 3.63) is 64.7 Å². The first-order chi connectivity index (χ1) is 14.0. The number of carbonyl (C=O) groups excluding carboxylic acids is 1. The van der Waals surface area contributed by atoms with Crippen LogP contribution in [0.25, 0.3) is 0 Å². The predicted molar refractivity (Wildman–Crippen MR) is 113 cm³/mol. The molecule has 0 aliphatic heterocycles. The van der Waals surface area contributed by atoms with Gasteiger partial charge in [0.25, 0.3) is 5.97 Å². The van der Waals surface area contributed by atoms with Gasteiger partial charge in [-0.05, 0) is 60.1 Å². The van der Waals surface area contributed by atoms with Gasteiger partial charge >= 0.3 is 0 Å². The predicted octanol–water partition coefficient (Wildman–Crippen LogP) is 2.85. The number of carboxylic acids is 1. The van der Waals surface area contributed by atoms with E-state index < -0.39 is 5.97 Å². The van der Waals surface area contributed by atoms with Gasteiger partial charge in [0.15, 0.2) is 0 Å². The Morgan fingerprint density at radius 2 is 1.66 bits per heavy atom. The molecule has 0 bridgehead atoms. The molecule has 0 spiro atoms. The van der Waals surface area contributed by atoms with Crippen molar-refractivity contribution in [2.24, 2.45) is 5.73 Å². The minimum Gasteiger partial charge on any atom is -0.492 e. The lowest BCUT2D eigenvalue weighted by molar-refractivity contribution is -0.134.